The van der Waals surface area contributed by atoms with Crippen molar-refractivity contribution in [1.29, 1.82) is 5.41 Å². The molecule has 0 atom stereocenters. The molecule has 0 fully saturated rings. The van der Waals surface area contributed by atoms with E-state index in [2.05, 4.69) is 5.43 Å². The molecular formula is C3H9N3. The highest BCUT2D eigenvalue weighted by molar-refractivity contribution is 5.48. The molecule has 0 aliphatic carbocycles. The average molecular weight is 87.1 g/mol. The van der Waals surface area contributed by atoms with E-state index in [1.165, 1.54) is 6.34 Å². The first kappa shape index (κ1) is 5.43. The summed E-state index contributed by atoms with van der Waals surface area (Å²) in [5.74, 6) is 0. The summed E-state index contributed by atoms with van der Waals surface area (Å²) in [7, 11) is 3.51. The molecule has 0 unspecified atom stereocenters. The maximum Gasteiger partial charge on any atom is 0.0957 e. The fourth-order valence-electron chi connectivity index (χ4n) is 0.0645. The molecule has 0 heterocycles. The highest BCUT2D eigenvalue weighted by Gasteiger charge is 1.73. The number of hydrogen-bond acceptors (Lipinski definition) is 2. The Kier molecular flexibility index (Phi) is 2.40. The Balaban J connectivity index is 2.96. The van der Waals surface area contributed by atoms with E-state index in [1.54, 1.807) is 19.1 Å². The summed E-state index contributed by atoms with van der Waals surface area (Å²) in [6.45, 7) is 0. The average Bonchev–Trinajstić information content (AvgIpc) is 1.65. The lowest BCUT2D eigenvalue weighted by molar-refractivity contribution is 0.420. The third kappa shape index (κ3) is 1.72. The molecule has 3 nitrogen and oxygen atoms in total. The summed E-state index contributed by atoms with van der Waals surface area (Å²) in [4.78, 5) is 0. The van der Waals surface area contributed by atoms with Crippen molar-refractivity contribution in [2.45, 2.75) is 0 Å². The minimum atomic E-state index is 1.19. The Morgan fingerprint density at radius 3 is 2.33 bits per heavy atom. The molecule has 36 valence electrons. The summed E-state index contributed by atoms with van der Waals surface area (Å²) in [5, 5.41) is 8.09. The Hall–Kier alpha value is -0.570. The van der Waals surface area contributed by atoms with Gasteiger partial charge in [-0.3, -0.25) is 5.41 Å². The van der Waals surface area contributed by atoms with Crippen LogP contribution in [0, 0.1) is 5.41 Å². The van der Waals surface area contributed by atoms with Crippen LogP contribution in [0.2, 0.25) is 0 Å². The van der Waals surface area contributed by atoms with Crippen LogP contribution in [0.15, 0.2) is 0 Å². The standard InChI is InChI=1S/C3H9N3/c1-5-6(2)3-4/h3-5H,1-2H3. The van der Waals surface area contributed by atoms with Gasteiger partial charge in [0, 0.05) is 14.1 Å². The fraction of sp³-hybridized carbons (Fsp3) is 0.667. The van der Waals surface area contributed by atoms with Crippen molar-refractivity contribution in [3.05, 3.63) is 0 Å². The second kappa shape index (κ2) is 2.66. The number of hydrazine groups is 1. The van der Waals surface area contributed by atoms with Crippen LogP contribution in [0.25, 0.3) is 0 Å². The second-order valence-corrected chi connectivity index (χ2v) is 0.964. The summed E-state index contributed by atoms with van der Waals surface area (Å²) in [5.41, 5.74) is 2.70. The number of hydrogen-bond donors (Lipinski definition) is 2. The van der Waals surface area contributed by atoms with Crippen molar-refractivity contribution < 1.29 is 0 Å². The zero-order valence-corrected chi connectivity index (χ0v) is 4.02. The van der Waals surface area contributed by atoms with Crippen LogP contribution >= 0.6 is 0 Å². The molecule has 0 rings (SSSR count). The lowest BCUT2D eigenvalue weighted by atomic mass is 11.1. The maximum atomic E-state index is 6.55. The smallest absolute Gasteiger partial charge is 0.0957 e. The Bertz CT molecular complexity index is 43.3. The van der Waals surface area contributed by atoms with Gasteiger partial charge in [-0.2, -0.15) is 0 Å². The second-order valence-electron chi connectivity index (χ2n) is 0.964. The Morgan fingerprint density at radius 1 is 1.83 bits per heavy atom. The van der Waals surface area contributed by atoms with E-state index < -0.39 is 0 Å². The lowest BCUT2D eigenvalue weighted by Gasteiger charge is -2.06. The molecule has 0 radical (unpaired) electrons. The Labute approximate surface area is 37.4 Å². The Morgan fingerprint density at radius 2 is 2.33 bits per heavy atom. The topological polar surface area (TPSA) is 39.1 Å². The predicted octanol–water partition coefficient (Wildman–Crippen LogP) is -0.340. The molecule has 0 aromatic rings. The zero-order valence-electron chi connectivity index (χ0n) is 4.02. The van der Waals surface area contributed by atoms with Crippen molar-refractivity contribution in [2.24, 2.45) is 0 Å². The molecule has 2 N–H and O–H groups in total. The van der Waals surface area contributed by atoms with Gasteiger partial charge in [0.25, 0.3) is 0 Å². The quantitative estimate of drug-likeness (QED) is 0.275. The van der Waals surface area contributed by atoms with E-state index >= 15 is 0 Å². The van der Waals surface area contributed by atoms with Gasteiger partial charge in [-0.1, -0.05) is 0 Å². The van der Waals surface area contributed by atoms with Gasteiger partial charge in [-0.15, -0.1) is 0 Å². The molecule has 0 amide bonds. The third-order valence-electron chi connectivity index (χ3n) is 0.546. The third-order valence-corrected chi connectivity index (χ3v) is 0.546. The highest BCUT2D eigenvalue weighted by atomic mass is 15.5. The van der Waals surface area contributed by atoms with Crippen LogP contribution in [-0.2, 0) is 0 Å². The van der Waals surface area contributed by atoms with Crippen molar-refractivity contribution >= 4 is 6.34 Å². The van der Waals surface area contributed by atoms with Gasteiger partial charge >= 0.3 is 0 Å². The summed E-state index contributed by atoms with van der Waals surface area (Å²) < 4.78 is 0. The van der Waals surface area contributed by atoms with Gasteiger partial charge in [-0.25, -0.2) is 5.43 Å². The van der Waals surface area contributed by atoms with Crippen molar-refractivity contribution in [3.8, 4) is 0 Å². The summed E-state index contributed by atoms with van der Waals surface area (Å²) in [6.07, 6.45) is 1.19. The predicted molar refractivity (Wildman–Crippen MR) is 25.6 cm³/mol. The first-order chi connectivity index (χ1) is 2.81. The molecule has 0 saturated carbocycles. The molecule has 3 heteroatoms. The molecular weight excluding hydrogens is 78.1 g/mol. The normalized spacial score (nSPS) is 7.67. The molecule has 0 saturated heterocycles. The first-order valence-electron chi connectivity index (χ1n) is 1.72. The molecule has 0 aliphatic heterocycles. The zero-order chi connectivity index (χ0) is 4.99. The van der Waals surface area contributed by atoms with Gasteiger partial charge in [0.1, 0.15) is 0 Å². The summed E-state index contributed by atoms with van der Waals surface area (Å²) >= 11 is 0. The van der Waals surface area contributed by atoms with E-state index in [9.17, 15) is 0 Å². The van der Waals surface area contributed by atoms with E-state index in [4.69, 9.17) is 5.41 Å². The largest absolute Gasteiger partial charge is 0.302 e. The molecule has 0 spiro atoms. The molecule has 6 heavy (non-hydrogen) atoms. The minimum absolute atomic E-state index is 1.19. The van der Waals surface area contributed by atoms with E-state index in [0.29, 0.717) is 0 Å². The molecule has 0 aromatic heterocycles. The number of rotatable bonds is 2. The first-order valence-corrected chi connectivity index (χ1v) is 1.72. The van der Waals surface area contributed by atoms with Crippen LogP contribution < -0.4 is 5.43 Å². The highest BCUT2D eigenvalue weighted by Crippen LogP contribution is 1.54. The molecule has 0 bridgehead atoms. The van der Waals surface area contributed by atoms with Crippen molar-refractivity contribution in [2.75, 3.05) is 14.1 Å². The van der Waals surface area contributed by atoms with Crippen LogP contribution in [0.4, 0.5) is 0 Å². The monoisotopic (exact) mass is 87.1 g/mol. The van der Waals surface area contributed by atoms with Gasteiger partial charge in [-0.05, 0) is 0 Å². The van der Waals surface area contributed by atoms with E-state index in [-0.39, 0.29) is 0 Å². The molecule has 0 aromatic carbocycles. The van der Waals surface area contributed by atoms with Gasteiger partial charge in [0.05, 0.1) is 6.34 Å². The van der Waals surface area contributed by atoms with E-state index in [1.807, 2.05) is 0 Å². The van der Waals surface area contributed by atoms with Crippen molar-refractivity contribution in [1.82, 2.24) is 10.4 Å². The van der Waals surface area contributed by atoms with Crippen LogP contribution in [0.3, 0.4) is 0 Å². The van der Waals surface area contributed by atoms with Crippen LogP contribution in [0.1, 0.15) is 0 Å². The fourth-order valence-corrected chi connectivity index (χ4v) is 0.0645. The number of nitrogens with zero attached hydrogens (tertiary/aromatic N) is 1. The van der Waals surface area contributed by atoms with Crippen LogP contribution in [0.5, 0.6) is 0 Å². The number of nitrogens with one attached hydrogen (secondary N) is 2. The van der Waals surface area contributed by atoms with Gasteiger partial charge in [0.15, 0.2) is 0 Å². The van der Waals surface area contributed by atoms with E-state index in [0.717, 1.165) is 0 Å². The van der Waals surface area contributed by atoms with Crippen LogP contribution in [-0.4, -0.2) is 25.4 Å². The van der Waals surface area contributed by atoms with Gasteiger partial charge in [0.2, 0.25) is 0 Å². The maximum absolute atomic E-state index is 6.55. The lowest BCUT2D eigenvalue weighted by Crippen LogP contribution is -2.28. The van der Waals surface area contributed by atoms with Gasteiger partial charge < -0.3 is 5.01 Å². The minimum Gasteiger partial charge on any atom is -0.302 e. The SMILES string of the molecule is CNN(C)C=N. The summed E-state index contributed by atoms with van der Waals surface area (Å²) in [6, 6.07) is 0. The molecule has 0 aliphatic rings. The van der Waals surface area contributed by atoms with Crippen molar-refractivity contribution in [3.63, 3.8) is 0 Å².